The molecular formula is C23H37N4O2S+. The number of piperazine rings is 1. The van der Waals surface area contributed by atoms with Crippen LogP contribution in [0.15, 0.2) is 24.3 Å². The molecule has 3 amide bonds. The summed E-state index contributed by atoms with van der Waals surface area (Å²) in [5.41, 5.74) is 2.29. The average molecular weight is 434 g/mol. The zero-order valence-electron chi connectivity index (χ0n) is 19.0. The first-order valence-corrected chi connectivity index (χ1v) is 12.1. The van der Waals surface area contributed by atoms with Crippen LogP contribution in [0.3, 0.4) is 0 Å². The number of carbonyl (C=O) groups is 2. The van der Waals surface area contributed by atoms with Crippen molar-refractivity contribution < 1.29 is 14.5 Å². The van der Waals surface area contributed by atoms with Gasteiger partial charge in [-0.3, -0.25) is 4.79 Å². The molecule has 0 bridgehead atoms. The highest BCUT2D eigenvalue weighted by atomic mass is 32.2. The lowest BCUT2D eigenvalue weighted by Crippen LogP contribution is -3.15. The van der Waals surface area contributed by atoms with Crippen molar-refractivity contribution in [3.05, 3.63) is 35.4 Å². The summed E-state index contributed by atoms with van der Waals surface area (Å²) in [5, 5.41) is 3.22. The van der Waals surface area contributed by atoms with E-state index in [0.717, 1.165) is 45.7 Å². The van der Waals surface area contributed by atoms with Crippen LogP contribution in [0.2, 0.25) is 0 Å². The van der Waals surface area contributed by atoms with Gasteiger partial charge in [-0.05, 0) is 45.2 Å². The first-order chi connectivity index (χ1) is 14.2. The van der Waals surface area contributed by atoms with Gasteiger partial charge in [0.25, 0.3) is 0 Å². The molecule has 2 saturated heterocycles. The van der Waals surface area contributed by atoms with Gasteiger partial charge in [0.05, 0.1) is 44.5 Å². The van der Waals surface area contributed by atoms with Gasteiger partial charge in [0.1, 0.15) is 5.37 Å². The lowest BCUT2D eigenvalue weighted by atomic mass is 10.1. The Kier molecular flexibility index (Phi) is 7.34. The number of urea groups is 1. The molecule has 2 heterocycles. The van der Waals surface area contributed by atoms with Crippen molar-refractivity contribution in [3.8, 4) is 0 Å². The minimum absolute atomic E-state index is 0.0260. The van der Waals surface area contributed by atoms with E-state index >= 15 is 0 Å². The topological polar surface area (TPSA) is 57.1 Å². The number of rotatable bonds is 5. The highest BCUT2D eigenvalue weighted by Crippen LogP contribution is 2.44. The molecule has 0 aromatic heterocycles. The van der Waals surface area contributed by atoms with Gasteiger partial charge in [-0.25, -0.2) is 4.79 Å². The number of nitrogens with zero attached hydrogens (tertiary/aromatic N) is 2. The van der Waals surface area contributed by atoms with Crippen LogP contribution >= 0.6 is 11.8 Å². The molecule has 3 rings (SSSR count). The molecular weight excluding hydrogens is 396 g/mol. The summed E-state index contributed by atoms with van der Waals surface area (Å²) < 4.78 is 0. The van der Waals surface area contributed by atoms with E-state index in [-0.39, 0.29) is 28.1 Å². The summed E-state index contributed by atoms with van der Waals surface area (Å²) in [5.74, 6) is 0.276. The molecule has 2 aliphatic heterocycles. The molecule has 0 radical (unpaired) electrons. The van der Waals surface area contributed by atoms with E-state index in [0.29, 0.717) is 0 Å². The van der Waals surface area contributed by atoms with Crippen LogP contribution in [0.5, 0.6) is 0 Å². The summed E-state index contributed by atoms with van der Waals surface area (Å²) in [6, 6.07) is 8.44. The van der Waals surface area contributed by atoms with Gasteiger partial charge in [0.2, 0.25) is 5.91 Å². The molecule has 0 aliphatic carbocycles. The van der Waals surface area contributed by atoms with E-state index in [1.807, 2.05) is 25.7 Å². The Morgan fingerprint density at radius 1 is 1.23 bits per heavy atom. The molecule has 2 atom stereocenters. The smallest absolute Gasteiger partial charge is 0.318 e. The number of hydrogen-bond acceptors (Lipinski definition) is 3. The predicted molar refractivity (Wildman–Crippen MR) is 123 cm³/mol. The lowest BCUT2D eigenvalue weighted by Gasteiger charge is -2.35. The molecule has 2 fully saturated rings. The van der Waals surface area contributed by atoms with E-state index in [1.165, 1.54) is 16.0 Å². The van der Waals surface area contributed by atoms with Crippen molar-refractivity contribution in [2.24, 2.45) is 0 Å². The van der Waals surface area contributed by atoms with Gasteiger partial charge in [-0.1, -0.05) is 31.2 Å². The maximum Gasteiger partial charge on any atom is 0.318 e. The van der Waals surface area contributed by atoms with E-state index < -0.39 is 0 Å². The number of amides is 3. The molecule has 0 unspecified atom stereocenters. The number of benzene rings is 1. The van der Waals surface area contributed by atoms with Crippen molar-refractivity contribution in [1.82, 2.24) is 15.1 Å². The monoisotopic (exact) mass is 433 g/mol. The molecule has 2 N–H and O–H groups in total. The van der Waals surface area contributed by atoms with Crippen molar-refractivity contribution in [1.29, 1.82) is 0 Å². The normalized spacial score (nSPS) is 23.2. The summed E-state index contributed by atoms with van der Waals surface area (Å²) in [6.45, 7) is 15.3. The third-order valence-electron chi connectivity index (χ3n) is 5.91. The molecule has 1 aromatic carbocycles. The third-order valence-corrected chi connectivity index (χ3v) is 7.54. The highest BCUT2D eigenvalue weighted by molar-refractivity contribution is 8.01. The Labute approximate surface area is 185 Å². The Morgan fingerprint density at radius 2 is 1.90 bits per heavy atom. The number of carbonyl (C=O) groups excluding carboxylic acids is 2. The molecule has 2 aliphatic rings. The quantitative estimate of drug-likeness (QED) is 0.747. The number of quaternary nitrogens is 1. The summed E-state index contributed by atoms with van der Waals surface area (Å²) in [4.78, 5) is 30.9. The maximum absolute atomic E-state index is 13.0. The van der Waals surface area contributed by atoms with Crippen LogP contribution < -0.4 is 10.2 Å². The maximum atomic E-state index is 13.0. The predicted octanol–water partition coefficient (Wildman–Crippen LogP) is 2.06. The number of nitrogens with one attached hydrogen (secondary N) is 2. The van der Waals surface area contributed by atoms with Gasteiger partial charge in [-0.15, -0.1) is 11.8 Å². The second-order valence-corrected chi connectivity index (χ2v) is 10.7. The Balaban J connectivity index is 1.57. The summed E-state index contributed by atoms with van der Waals surface area (Å²) >= 11 is 1.80. The van der Waals surface area contributed by atoms with Gasteiger partial charge in [-0.2, -0.15) is 0 Å². The number of hydrogen-bond donors (Lipinski definition) is 2. The lowest BCUT2D eigenvalue weighted by molar-refractivity contribution is -0.903. The summed E-state index contributed by atoms with van der Waals surface area (Å²) in [6.07, 6.45) is 0.872. The standard InChI is InChI=1S/C23H36N4O2S/c1-6-19-20(28)27(21(30-19)18-10-8-7-9-17(18)2)16-13-25-11-14-26(15-12-25)22(29)24-23(3,4)5/h7-10,19,21H,6,11-16H2,1-5H3,(H,24,29)/p+1/t19-,21-/m1/s1. The molecule has 0 saturated carbocycles. The number of aryl methyl sites for hydroxylation is 1. The molecule has 30 heavy (non-hydrogen) atoms. The largest absolute Gasteiger partial charge is 0.333 e. The fourth-order valence-electron chi connectivity index (χ4n) is 4.15. The Bertz CT molecular complexity index is 756. The minimum Gasteiger partial charge on any atom is -0.333 e. The molecule has 7 heteroatoms. The molecule has 1 aromatic rings. The van der Waals surface area contributed by atoms with Gasteiger partial charge in [0, 0.05) is 5.54 Å². The second-order valence-electron chi connectivity index (χ2n) is 9.44. The van der Waals surface area contributed by atoms with Crippen molar-refractivity contribution >= 4 is 23.7 Å². The van der Waals surface area contributed by atoms with E-state index in [1.54, 1.807) is 11.8 Å². The van der Waals surface area contributed by atoms with Crippen LogP contribution in [0, 0.1) is 6.92 Å². The minimum atomic E-state index is -0.213. The van der Waals surface area contributed by atoms with E-state index in [2.05, 4.69) is 48.3 Å². The zero-order valence-corrected chi connectivity index (χ0v) is 19.8. The zero-order chi connectivity index (χ0) is 21.9. The molecule has 166 valence electrons. The van der Waals surface area contributed by atoms with Gasteiger partial charge >= 0.3 is 6.03 Å². The van der Waals surface area contributed by atoms with Crippen molar-refractivity contribution in [3.63, 3.8) is 0 Å². The van der Waals surface area contributed by atoms with Crippen LogP contribution in [0.1, 0.15) is 50.6 Å². The summed E-state index contributed by atoms with van der Waals surface area (Å²) in [7, 11) is 0. The fraction of sp³-hybridized carbons (Fsp3) is 0.652. The SMILES string of the molecule is CC[C@H]1S[C@H](c2ccccc2C)N(CC[NH+]2CCN(C(=O)NC(C)(C)C)CC2)C1=O. The first kappa shape index (κ1) is 22.9. The van der Waals surface area contributed by atoms with E-state index in [9.17, 15) is 9.59 Å². The van der Waals surface area contributed by atoms with Crippen LogP contribution in [-0.4, -0.2) is 71.8 Å². The van der Waals surface area contributed by atoms with Crippen LogP contribution in [-0.2, 0) is 4.79 Å². The molecule has 6 nitrogen and oxygen atoms in total. The Hall–Kier alpha value is -1.73. The van der Waals surface area contributed by atoms with Crippen molar-refractivity contribution in [2.45, 2.75) is 57.2 Å². The van der Waals surface area contributed by atoms with Crippen LogP contribution in [0.25, 0.3) is 0 Å². The van der Waals surface area contributed by atoms with E-state index in [4.69, 9.17) is 0 Å². The van der Waals surface area contributed by atoms with Crippen molar-refractivity contribution in [2.75, 3.05) is 39.3 Å². The number of thioether (sulfide) groups is 1. The van der Waals surface area contributed by atoms with Gasteiger partial charge < -0.3 is 20.0 Å². The second kappa shape index (κ2) is 9.60. The van der Waals surface area contributed by atoms with Gasteiger partial charge in [0.15, 0.2) is 0 Å². The first-order valence-electron chi connectivity index (χ1n) is 11.1. The third kappa shape index (κ3) is 5.49. The van der Waals surface area contributed by atoms with Crippen LogP contribution in [0.4, 0.5) is 4.79 Å². The highest BCUT2D eigenvalue weighted by Gasteiger charge is 2.41. The fourth-order valence-corrected chi connectivity index (χ4v) is 5.67. The Morgan fingerprint density at radius 3 is 2.50 bits per heavy atom. The average Bonchev–Trinajstić information content (AvgIpc) is 3.01. The molecule has 0 spiro atoms.